The molecule has 0 spiro atoms. The van der Waals surface area contributed by atoms with Crippen LogP contribution in [0.3, 0.4) is 0 Å². The van der Waals surface area contributed by atoms with Crippen molar-refractivity contribution in [2.24, 2.45) is 0 Å². The third-order valence-electron chi connectivity index (χ3n) is 2.57. The summed E-state index contributed by atoms with van der Waals surface area (Å²) in [5.74, 6) is 0.0414. The summed E-state index contributed by atoms with van der Waals surface area (Å²) < 4.78 is 5.12. The van der Waals surface area contributed by atoms with E-state index in [1.54, 1.807) is 12.1 Å². The number of fused-ring (bicyclic) bond motifs is 1. The van der Waals surface area contributed by atoms with Gasteiger partial charge in [0.25, 0.3) is 11.6 Å². The number of hydrogen-bond donors (Lipinski definition) is 1. The number of carbonyl (C=O) groups excluding carboxylic acids is 1. The zero-order valence-corrected chi connectivity index (χ0v) is 10.4. The Balaban J connectivity index is 2.39. The van der Waals surface area contributed by atoms with E-state index in [0.29, 0.717) is 17.8 Å². The zero-order chi connectivity index (χ0) is 13.1. The highest BCUT2D eigenvalue weighted by atomic mass is 16.5. The minimum Gasteiger partial charge on any atom is -0.349 e. The molecular weight excluding hydrogens is 230 g/mol. The van der Waals surface area contributed by atoms with Gasteiger partial charge >= 0.3 is 0 Å². The van der Waals surface area contributed by atoms with Crippen LogP contribution in [0.25, 0.3) is 11.1 Å². The van der Waals surface area contributed by atoms with Gasteiger partial charge in [-0.15, -0.1) is 6.58 Å². The molecule has 0 unspecified atom stereocenters. The first kappa shape index (κ1) is 12.3. The number of nitrogens with one attached hydrogen (secondary N) is 1. The van der Waals surface area contributed by atoms with Gasteiger partial charge < -0.3 is 9.84 Å². The van der Waals surface area contributed by atoms with Gasteiger partial charge in [-0.1, -0.05) is 25.1 Å². The van der Waals surface area contributed by atoms with Gasteiger partial charge in [-0.2, -0.15) is 0 Å². The monoisotopic (exact) mass is 245 g/mol. The van der Waals surface area contributed by atoms with Crippen molar-refractivity contribution in [3.05, 3.63) is 36.2 Å². The molecule has 0 aromatic carbocycles. The van der Waals surface area contributed by atoms with Crippen LogP contribution in [0.2, 0.25) is 0 Å². The number of hydrogen-bond acceptors (Lipinski definition) is 4. The summed E-state index contributed by atoms with van der Waals surface area (Å²) in [5.41, 5.74) is 1.77. The van der Waals surface area contributed by atoms with Crippen LogP contribution < -0.4 is 5.32 Å². The number of amides is 1. The van der Waals surface area contributed by atoms with Gasteiger partial charge in [0.05, 0.1) is 16.6 Å². The number of aromatic nitrogens is 2. The first-order valence-electron chi connectivity index (χ1n) is 5.78. The van der Waals surface area contributed by atoms with E-state index in [4.69, 9.17) is 4.52 Å². The summed E-state index contributed by atoms with van der Waals surface area (Å²) in [6.07, 6.45) is 3.11. The van der Waals surface area contributed by atoms with Crippen molar-refractivity contribution in [1.82, 2.24) is 15.5 Å². The van der Waals surface area contributed by atoms with Gasteiger partial charge in [-0.3, -0.25) is 4.79 Å². The molecule has 0 saturated carbocycles. The molecule has 0 aliphatic rings. The van der Waals surface area contributed by atoms with Crippen molar-refractivity contribution in [2.75, 3.05) is 6.54 Å². The molecule has 0 fully saturated rings. The van der Waals surface area contributed by atoms with Crippen LogP contribution in [0.4, 0.5) is 0 Å². The standard InChI is InChI=1S/C13H15N3O2/c1-4-5-14-12(17)9-6-10-11(8(2)3)16-18-13(10)15-7-9/h4,6-8H,1,5H2,2-3H3,(H,14,17). The SMILES string of the molecule is C=CCNC(=O)c1cnc2onc(C(C)C)c2c1. The normalized spacial score (nSPS) is 10.8. The summed E-state index contributed by atoms with van der Waals surface area (Å²) in [5, 5.41) is 7.47. The Morgan fingerprint density at radius 3 is 3.06 bits per heavy atom. The highest BCUT2D eigenvalue weighted by molar-refractivity contribution is 5.97. The van der Waals surface area contributed by atoms with E-state index < -0.39 is 0 Å². The Morgan fingerprint density at radius 1 is 1.61 bits per heavy atom. The van der Waals surface area contributed by atoms with E-state index in [0.717, 1.165) is 11.1 Å². The second-order valence-corrected chi connectivity index (χ2v) is 4.30. The van der Waals surface area contributed by atoms with E-state index in [-0.39, 0.29) is 11.8 Å². The van der Waals surface area contributed by atoms with Crippen LogP contribution in [0.1, 0.15) is 35.8 Å². The van der Waals surface area contributed by atoms with Crippen LogP contribution in [-0.4, -0.2) is 22.6 Å². The smallest absolute Gasteiger partial charge is 0.257 e. The largest absolute Gasteiger partial charge is 0.349 e. The van der Waals surface area contributed by atoms with Crippen LogP contribution in [0.15, 0.2) is 29.4 Å². The summed E-state index contributed by atoms with van der Waals surface area (Å²) in [6, 6.07) is 1.76. The average molecular weight is 245 g/mol. The van der Waals surface area contributed by atoms with Gasteiger partial charge in [-0.05, 0) is 12.0 Å². The highest BCUT2D eigenvalue weighted by Crippen LogP contribution is 2.23. The van der Waals surface area contributed by atoms with E-state index >= 15 is 0 Å². The topological polar surface area (TPSA) is 68.0 Å². The number of rotatable bonds is 4. The molecule has 2 heterocycles. The molecular formula is C13H15N3O2. The molecule has 18 heavy (non-hydrogen) atoms. The molecule has 1 N–H and O–H groups in total. The molecule has 0 atom stereocenters. The molecule has 0 saturated heterocycles. The summed E-state index contributed by atoms with van der Waals surface area (Å²) >= 11 is 0. The van der Waals surface area contributed by atoms with Crippen molar-refractivity contribution in [1.29, 1.82) is 0 Å². The van der Waals surface area contributed by atoms with Crippen LogP contribution in [0, 0.1) is 0 Å². The van der Waals surface area contributed by atoms with Crippen molar-refractivity contribution >= 4 is 17.0 Å². The Bertz CT molecular complexity index is 587. The molecule has 0 aliphatic carbocycles. The predicted molar refractivity (Wildman–Crippen MR) is 68.4 cm³/mol. The maximum Gasteiger partial charge on any atom is 0.257 e. The lowest BCUT2D eigenvalue weighted by atomic mass is 10.1. The molecule has 2 rings (SSSR count). The Labute approximate surface area is 105 Å². The maximum atomic E-state index is 11.8. The first-order chi connectivity index (χ1) is 8.63. The zero-order valence-electron chi connectivity index (χ0n) is 10.4. The van der Waals surface area contributed by atoms with E-state index in [9.17, 15) is 4.79 Å². The second-order valence-electron chi connectivity index (χ2n) is 4.30. The van der Waals surface area contributed by atoms with Gasteiger partial charge in [0.1, 0.15) is 0 Å². The van der Waals surface area contributed by atoms with Gasteiger partial charge in [0, 0.05) is 12.7 Å². The third-order valence-corrected chi connectivity index (χ3v) is 2.57. The highest BCUT2D eigenvalue weighted by Gasteiger charge is 2.15. The van der Waals surface area contributed by atoms with Crippen molar-refractivity contribution in [3.8, 4) is 0 Å². The average Bonchev–Trinajstić information content (AvgIpc) is 2.78. The van der Waals surface area contributed by atoms with Crippen molar-refractivity contribution in [2.45, 2.75) is 19.8 Å². The molecule has 0 radical (unpaired) electrons. The summed E-state index contributed by atoms with van der Waals surface area (Å²) in [7, 11) is 0. The fourth-order valence-electron chi connectivity index (χ4n) is 1.66. The van der Waals surface area contributed by atoms with Crippen LogP contribution in [0.5, 0.6) is 0 Å². The lowest BCUT2D eigenvalue weighted by Gasteiger charge is -2.02. The van der Waals surface area contributed by atoms with Crippen LogP contribution in [-0.2, 0) is 0 Å². The minimum absolute atomic E-state index is 0.180. The Kier molecular flexibility index (Phi) is 3.41. The van der Waals surface area contributed by atoms with Gasteiger partial charge in [0.15, 0.2) is 0 Å². The minimum atomic E-state index is -0.180. The molecule has 5 heteroatoms. The second kappa shape index (κ2) is 5.00. The molecule has 2 aromatic heterocycles. The van der Waals surface area contributed by atoms with Crippen LogP contribution >= 0.6 is 0 Å². The maximum absolute atomic E-state index is 11.8. The summed E-state index contributed by atoms with van der Waals surface area (Å²) in [6.45, 7) is 8.01. The lowest BCUT2D eigenvalue weighted by Crippen LogP contribution is -2.23. The predicted octanol–water partition coefficient (Wildman–Crippen LogP) is 2.26. The van der Waals surface area contributed by atoms with Crippen molar-refractivity contribution in [3.63, 3.8) is 0 Å². The molecule has 0 bridgehead atoms. The van der Waals surface area contributed by atoms with E-state index in [2.05, 4.69) is 22.0 Å². The van der Waals surface area contributed by atoms with E-state index in [1.165, 1.54) is 6.20 Å². The van der Waals surface area contributed by atoms with E-state index in [1.807, 2.05) is 13.8 Å². The molecule has 0 aliphatic heterocycles. The molecule has 5 nitrogen and oxygen atoms in total. The lowest BCUT2D eigenvalue weighted by molar-refractivity contribution is 0.0958. The molecule has 94 valence electrons. The Morgan fingerprint density at radius 2 is 2.39 bits per heavy atom. The number of nitrogens with zero attached hydrogens (tertiary/aromatic N) is 2. The first-order valence-corrected chi connectivity index (χ1v) is 5.78. The molecule has 2 aromatic rings. The fraction of sp³-hybridized carbons (Fsp3) is 0.308. The third kappa shape index (κ3) is 2.25. The van der Waals surface area contributed by atoms with Gasteiger partial charge in [0.2, 0.25) is 0 Å². The van der Waals surface area contributed by atoms with Gasteiger partial charge in [-0.25, -0.2) is 4.98 Å². The Hall–Kier alpha value is -2.17. The molecule has 1 amide bonds. The quantitative estimate of drug-likeness (QED) is 0.839. The number of pyridine rings is 1. The van der Waals surface area contributed by atoms with Crippen molar-refractivity contribution < 1.29 is 9.32 Å². The fourth-order valence-corrected chi connectivity index (χ4v) is 1.66. The summed E-state index contributed by atoms with van der Waals surface area (Å²) in [4.78, 5) is 15.9. The number of carbonyl (C=O) groups is 1.